The first kappa shape index (κ1) is 17.8. The Bertz CT molecular complexity index is 638. The van der Waals surface area contributed by atoms with Gasteiger partial charge in [-0.25, -0.2) is 4.99 Å². The van der Waals surface area contributed by atoms with Crippen LogP contribution in [-0.4, -0.2) is 12.5 Å². The topological polar surface area (TPSA) is 49.6 Å². The molecule has 0 saturated heterocycles. The monoisotopic (exact) mass is 425 g/mol. The van der Waals surface area contributed by atoms with Gasteiger partial charge >= 0.3 is 0 Å². The Kier molecular flexibility index (Phi) is 6.95. The van der Waals surface area contributed by atoms with Gasteiger partial charge in [-0.2, -0.15) is 0 Å². The summed E-state index contributed by atoms with van der Waals surface area (Å²) >= 11 is 0. The molecule has 0 aliphatic heterocycles. The van der Waals surface area contributed by atoms with E-state index < -0.39 is 0 Å². The summed E-state index contributed by atoms with van der Waals surface area (Å²) in [4.78, 5) is 4.66. The van der Waals surface area contributed by atoms with Crippen LogP contribution in [0.15, 0.2) is 46.0 Å². The number of benzene rings is 1. The molecular weight excluding hydrogens is 401 g/mol. The minimum absolute atomic E-state index is 0. The Hall–Kier alpha value is -1.50. The van der Waals surface area contributed by atoms with Gasteiger partial charge in [-0.3, -0.25) is 0 Å². The van der Waals surface area contributed by atoms with Gasteiger partial charge in [0.2, 0.25) is 0 Å². The summed E-state index contributed by atoms with van der Waals surface area (Å²) < 4.78 is 5.33. The molecule has 1 aromatic carbocycles. The van der Waals surface area contributed by atoms with Crippen molar-refractivity contribution in [3.05, 3.63) is 59.0 Å². The number of halogens is 1. The van der Waals surface area contributed by atoms with Crippen LogP contribution in [0.5, 0.6) is 0 Å². The number of nitrogens with one attached hydrogen (secondary N) is 2. The normalized spacial score (nSPS) is 13.3. The molecule has 4 nitrogen and oxygen atoms in total. The van der Waals surface area contributed by atoms with Gasteiger partial charge in [-0.05, 0) is 55.0 Å². The largest absolute Gasteiger partial charge is 0.467 e. The van der Waals surface area contributed by atoms with Crippen LogP contribution in [0.1, 0.15) is 35.8 Å². The van der Waals surface area contributed by atoms with Crippen molar-refractivity contribution in [2.45, 2.75) is 39.3 Å². The second kappa shape index (κ2) is 8.96. The van der Waals surface area contributed by atoms with Crippen LogP contribution in [0.25, 0.3) is 0 Å². The fourth-order valence-electron chi connectivity index (χ4n) is 2.82. The Morgan fingerprint density at radius 3 is 2.83 bits per heavy atom. The van der Waals surface area contributed by atoms with E-state index in [4.69, 9.17) is 4.42 Å². The number of hydrogen-bond donors (Lipinski definition) is 2. The van der Waals surface area contributed by atoms with Crippen LogP contribution in [0.3, 0.4) is 0 Å². The number of nitrogens with zero attached hydrogens (tertiary/aromatic N) is 1. The maximum atomic E-state index is 5.33. The maximum Gasteiger partial charge on any atom is 0.191 e. The molecule has 0 amide bonds. The van der Waals surface area contributed by atoms with E-state index in [-0.39, 0.29) is 24.0 Å². The second-order valence-corrected chi connectivity index (χ2v) is 5.58. The molecule has 0 atom stereocenters. The summed E-state index contributed by atoms with van der Waals surface area (Å²) in [5, 5.41) is 6.56. The van der Waals surface area contributed by atoms with E-state index in [2.05, 4.69) is 40.7 Å². The van der Waals surface area contributed by atoms with Gasteiger partial charge in [0.25, 0.3) is 0 Å². The Morgan fingerprint density at radius 2 is 2.04 bits per heavy atom. The van der Waals surface area contributed by atoms with Crippen molar-refractivity contribution in [3.8, 4) is 0 Å². The summed E-state index contributed by atoms with van der Waals surface area (Å²) in [5.74, 6) is 1.72. The first-order valence-electron chi connectivity index (χ1n) is 8.00. The lowest BCUT2D eigenvalue weighted by Crippen LogP contribution is -2.36. The predicted molar refractivity (Wildman–Crippen MR) is 104 cm³/mol. The molecule has 2 N–H and O–H groups in total. The molecule has 23 heavy (non-hydrogen) atoms. The van der Waals surface area contributed by atoms with E-state index in [1.807, 2.05) is 12.1 Å². The number of hydrogen-bond acceptors (Lipinski definition) is 2. The van der Waals surface area contributed by atoms with Crippen LogP contribution in [0.2, 0.25) is 0 Å². The zero-order chi connectivity index (χ0) is 15.2. The molecule has 1 aliphatic rings. The lowest BCUT2D eigenvalue weighted by Gasteiger charge is -2.10. The maximum absolute atomic E-state index is 5.33. The third kappa shape index (κ3) is 4.99. The van der Waals surface area contributed by atoms with E-state index in [0.717, 1.165) is 18.3 Å². The molecule has 0 spiro atoms. The number of rotatable bonds is 5. The van der Waals surface area contributed by atoms with Crippen molar-refractivity contribution in [2.24, 2.45) is 4.99 Å². The summed E-state index contributed by atoms with van der Waals surface area (Å²) in [6, 6.07) is 10.6. The predicted octanol–water partition coefficient (Wildman–Crippen LogP) is 3.64. The number of guanidine groups is 1. The van der Waals surface area contributed by atoms with Gasteiger partial charge < -0.3 is 15.1 Å². The highest BCUT2D eigenvalue weighted by Gasteiger charge is 2.10. The fraction of sp³-hybridized carbons (Fsp3) is 0.389. The van der Waals surface area contributed by atoms with Crippen LogP contribution in [0, 0.1) is 0 Å². The molecule has 2 aromatic rings. The van der Waals surface area contributed by atoms with E-state index in [1.165, 1.54) is 36.0 Å². The van der Waals surface area contributed by atoms with Crippen LogP contribution >= 0.6 is 24.0 Å². The van der Waals surface area contributed by atoms with Crippen LogP contribution in [0.4, 0.5) is 0 Å². The van der Waals surface area contributed by atoms with Gasteiger partial charge in [0.05, 0.1) is 19.4 Å². The third-order valence-electron chi connectivity index (χ3n) is 3.94. The molecule has 1 aromatic heterocycles. The smallest absolute Gasteiger partial charge is 0.191 e. The highest BCUT2D eigenvalue weighted by Crippen LogP contribution is 2.23. The van der Waals surface area contributed by atoms with E-state index in [1.54, 1.807) is 6.26 Å². The van der Waals surface area contributed by atoms with Crippen molar-refractivity contribution in [3.63, 3.8) is 0 Å². The molecule has 3 rings (SSSR count). The zero-order valence-electron chi connectivity index (χ0n) is 13.5. The van der Waals surface area contributed by atoms with Crippen LogP contribution in [-0.2, 0) is 25.9 Å². The quantitative estimate of drug-likeness (QED) is 0.437. The van der Waals surface area contributed by atoms with E-state index >= 15 is 0 Å². The van der Waals surface area contributed by atoms with Crippen molar-refractivity contribution in [1.29, 1.82) is 0 Å². The number of fused-ring (bicyclic) bond motifs is 1. The van der Waals surface area contributed by atoms with Crippen molar-refractivity contribution < 1.29 is 4.42 Å². The number of aliphatic imine (C=N–C) groups is 1. The highest BCUT2D eigenvalue weighted by atomic mass is 127. The van der Waals surface area contributed by atoms with Crippen LogP contribution < -0.4 is 10.6 Å². The van der Waals surface area contributed by atoms with Crippen molar-refractivity contribution >= 4 is 29.9 Å². The molecule has 0 bridgehead atoms. The second-order valence-electron chi connectivity index (χ2n) is 5.58. The average Bonchev–Trinajstić information content (AvgIpc) is 3.20. The molecule has 0 unspecified atom stereocenters. The lowest BCUT2D eigenvalue weighted by atomic mass is 10.1. The van der Waals surface area contributed by atoms with Gasteiger partial charge in [0.1, 0.15) is 5.76 Å². The van der Waals surface area contributed by atoms with E-state index in [9.17, 15) is 0 Å². The first-order chi connectivity index (χ1) is 10.8. The van der Waals surface area contributed by atoms with Gasteiger partial charge in [0, 0.05) is 6.54 Å². The molecule has 0 radical (unpaired) electrons. The molecule has 1 aliphatic carbocycles. The Morgan fingerprint density at radius 1 is 1.17 bits per heavy atom. The minimum atomic E-state index is 0. The lowest BCUT2D eigenvalue weighted by molar-refractivity contribution is 0.501. The van der Waals surface area contributed by atoms with Crippen molar-refractivity contribution in [2.75, 3.05) is 6.54 Å². The first-order valence-corrected chi connectivity index (χ1v) is 8.00. The molecule has 0 fully saturated rings. The van der Waals surface area contributed by atoms with Gasteiger partial charge in [-0.1, -0.05) is 18.2 Å². The minimum Gasteiger partial charge on any atom is -0.467 e. The number of furan rings is 1. The zero-order valence-corrected chi connectivity index (χ0v) is 15.8. The van der Waals surface area contributed by atoms with Crippen molar-refractivity contribution in [1.82, 2.24) is 10.6 Å². The number of aryl methyl sites for hydroxylation is 2. The Balaban J connectivity index is 0.00000192. The average molecular weight is 425 g/mol. The summed E-state index contributed by atoms with van der Waals surface area (Å²) in [7, 11) is 0. The highest BCUT2D eigenvalue weighted by molar-refractivity contribution is 14.0. The molecule has 5 heteroatoms. The standard InChI is InChI=1S/C18H23N3O.HI/c1-2-19-18(21-13-17-7-4-10-22-17)20-12-14-8-9-15-5-3-6-16(15)11-14;/h4,7-11H,2-3,5-6,12-13H2,1H3,(H2,19,20,21);1H. The molecule has 1 heterocycles. The summed E-state index contributed by atoms with van der Waals surface area (Å²) in [5.41, 5.74) is 4.28. The fourth-order valence-corrected chi connectivity index (χ4v) is 2.82. The summed E-state index contributed by atoms with van der Waals surface area (Å²) in [6.45, 7) is 4.25. The SMILES string of the molecule is CCNC(=NCc1ccc2c(c1)CCC2)NCc1ccco1.I. The Labute approximate surface area is 154 Å². The molecule has 124 valence electrons. The molecular formula is C18H24IN3O. The van der Waals surface area contributed by atoms with Gasteiger partial charge in [0.15, 0.2) is 5.96 Å². The van der Waals surface area contributed by atoms with E-state index in [0.29, 0.717) is 13.1 Å². The van der Waals surface area contributed by atoms with Gasteiger partial charge in [-0.15, -0.1) is 24.0 Å². The third-order valence-corrected chi connectivity index (χ3v) is 3.94. The molecule has 0 saturated carbocycles. The summed E-state index contributed by atoms with van der Waals surface area (Å²) in [6.07, 6.45) is 5.41.